The van der Waals surface area contributed by atoms with Crippen LogP contribution >= 0.6 is 12.2 Å². The molecular formula is C20H33N3S. The lowest BCUT2D eigenvalue weighted by Gasteiger charge is -2.59. The van der Waals surface area contributed by atoms with Crippen molar-refractivity contribution in [1.82, 2.24) is 5.43 Å². The first-order chi connectivity index (χ1) is 11.4. The van der Waals surface area contributed by atoms with E-state index in [-0.39, 0.29) is 5.41 Å². The van der Waals surface area contributed by atoms with Crippen LogP contribution < -0.4 is 11.2 Å². The van der Waals surface area contributed by atoms with Crippen molar-refractivity contribution in [3.63, 3.8) is 0 Å². The summed E-state index contributed by atoms with van der Waals surface area (Å²) in [5.74, 6) is 3.70. The van der Waals surface area contributed by atoms with Crippen molar-refractivity contribution in [2.24, 2.45) is 45.3 Å². The molecule has 0 radical (unpaired) electrons. The number of hydrazone groups is 1. The van der Waals surface area contributed by atoms with E-state index in [0.29, 0.717) is 10.5 Å². The Labute approximate surface area is 152 Å². The van der Waals surface area contributed by atoms with Crippen molar-refractivity contribution in [1.29, 1.82) is 0 Å². The summed E-state index contributed by atoms with van der Waals surface area (Å²) in [6.45, 7) is 5.12. The number of hydrogen-bond acceptors (Lipinski definition) is 2. The van der Waals surface area contributed by atoms with Crippen molar-refractivity contribution in [2.75, 3.05) is 0 Å². The zero-order chi connectivity index (χ0) is 16.9. The fourth-order valence-electron chi connectivity index (χ4n) is 7.39. The van der Waals surface area contributed by atoms with Crippen molar-refractivity contribution >= 4 is 23.0 Å². The van der Waals surface area contributed by atoms with E-state index in [9.17, 15) is 0 Å². The Bertz CT molecular complexity index is 559. The molecule has 0 aromatic rings. The summed E-state index contributed by atoms with van der Waals surface area (Å²) in [6, 6.07) is 0. The quantitative estimate of drug-likeness (QED) is 0.538. The third-order valence-corrected chi connectivity index (χ3v) is 8.72. The van der Waals surface area contributed by atoms with E-state index in [1.807, 2.05) is 0 Å². The van der Waals surface area contributed by atoms with E-state index >= 15 is 0 Å². The van der Waals surface area contributed by atoms with Gasteiger partial charge in [-0.1, -0.05) is 26.7 Å². The van der Waals surface area contributed by atoms with Gasteiger partial charge in [-0.25, -0.2) is 0 Å². The molecule has 4 aliphatic rings. The summed E-state index contributed by atoms with van der Waals surface area (Å²) < 4.78 is 0. The average Bonchev–Trinajstić information content (AvgIpc) is 2.89. The predicted octanol–water partition coefficient (Wildman–Crippen LogP) is 4.61. The molecule has 0 aromatic heterocycles. The third kappa shape index (κ3) is 2.43. The number of thiocarbonyl (C=S) groups is 1. The Kier molecular flexibility index (Phi) is 4.18. The van der Waals surface area contributed by atoms with Gasteiger partial charge in [0.05, 0.1) is 0 Å². The minimum Gasteiger partial charge on any atom is -0.375 e. The molecule has 4 saturated carbocycles. The maximum Gasteiger partial charge on any atom is 0.184 e. The molecule has 0 aromatic carbocycles. The molecule has 134 valence electrons. The van der Waals surface area contributed by atoms with Gasteiger partial charge in [-0.05, 0) is 92.7 Å². The summed E-state index contributed by atoms with van der Waals surface area (Å²) in [6.07, 6.45) is 14.0. The summed E-state index contributed by atoms with van der Waals surface area (Å²) >= 11 is 4.94. The zero-order valence-corrected chi connectivity index (χ0v) is 16.1. The maximum absolute atomic E-state index is 5.59. The van der Waals surface area contributed by atoms with Gasteiger partial charge >= 0.3 is 0 Å². The molecule has 6 atom stereocenters. The standard InChI is InChI=1S/C20H33N3S/c1-19-11-4-3-5-13(19)6-7-14-15-8-9-17(22-23-18(21)24)20(15,2)12-10-16(14)19/h13-16H,3-12H2,1-2H3,(H3,21,23,24)/b22-17-/t13-,14+,15+,16+,19+,20+/m1/s1. The Balaban J connectivity index is 1.59. The molecule has 4 rings (SSSR count). The fourth-order valence-corrected chi connectivity index (χ4v) is 7.44. The van der Waals surface area contributed by atoms with E-state index in [0.717, 1.165) is 30.1 Å². The Morgan fingerprint density at radius 3 is 2.71 bits per heavy atom. The van der Waals surface area contributed by atoms with Gasteiger partial charge < -0.3 is 5.73 Å². The first-order valence-corrected chi connectivity index (χ1v) is 10.5. The van der Waals surface area contributed by atoms with Gasteiger partial charge in [-0.3, -0.25) is 5.43 Å². The normalized spacial score (nSPS) is 49.2. The highest BCUT2D eigenvalue weighted by atomic mass is 32.1. The highest BCUT2D eigenvalue weighted by molar-refractivity contribution is 7.80. The van der Waals surface area contributed by atoms with Crippen LogP contribution in [0, 0.1) is 34.5 Å². The molecule has 24 heavy (non-hydrogen) atoms. The van der Waals surface area contributed by atoms with Gasteiger partial charge in [0.1, 0.15) is 0 Å². The monoisotopic (exact) mass is 347 g/mol. The smallest absolute Gasteiger partial charge is 0.184 e. The van der Waals surface area contributed by atoms with Crippen LogP contribution in [-0.4, -0.2) is 10.8 Å². The van der Waals surface area contributed by atoms with Crippen molar-refractivity contribution < 1.29 is 0 Å². The zero-order valence-electron chi connectivity index (χ0n) is 15.3. The molecule has 4 heteroatoms. The first kappa shape index (κ1) is 16.8. The highest BCUT2D eigenvalue weighted by Gasteiger charge is 2.58. The van der Waals surface area contributed by atoms with Crippen LogP contribution in [0.1, 0.15) is 78.1 Å². The Hall–Kier alpha value is -0.640. The van der Waals surface area contributed by atoms with Crippen LogP contribution in [0.3, 0.4) is 0 Å². The van der Waals surface area contributed by atoms with Gasteiger partial charge in [0.2, 0.25) is 0 Å². The van der Waals surface area contributed by atoms with Gasteiger partial charge in [0.15, 0.2) is 5.11 Å². The second-order valence-corrected chi connectivity index (χ2v) is 9.87. The molecule has 0 saturated heterocycles. The third-order valence-electron chi connectivity index (χ3n) is 8.63. The largest absolute Gasteiger partial charge is 0.375 e. The first-order valence-electron chi connectivity index (χ1n) is 10.1. The van der Waals surface area contributed by atoms with Crippen molar-refractivity contribution in [3.8, 4) is 0 Å². The Morgan fingerprint density at radius 2 is 1.92 bits per heavy atom. The number of nitrogens with one attached hydrogen (secondary N) is 1. The van der Waals surface area contributed by atoms with Crippen molar-refractivity contribution in [2.45, 2.75) is 78.1 Å². The molecule has 0 heterocycles. The van der Waals surface area contributed by atoms with E-state index in [1.165, 1.54) is 63.5 Å². The van der Waals surface area contributed by atoms with Crippen LogP contribution in [0.5, 0.6) is 0 Å². The second-order valence-electron chi connectivity index (χ2n) is 9.43. The molecule has 0 bridgehead atoms. The molecule has 4 fully saturated rings. The summed E-state index contributed by atoms with van der Waals surface area (Å²) in [4.78, 5) is 0. The van der Waals surface area contributed by atoms with E-state index in [1.54, 1.807) is 0 Å². The SMILES string of the molecule is C[C@]12CCCC[C@@H]1CC[C@@H]1[C@@H]2CC[C@]2(C)/C(=N\NC(N)=S)CC[C@@H]12. The van der Waals surface area contributed by atoms with E-state index in [2.05, 4.69) is 24.4 Å². The van der Waals surface area contributed by atoms with Gasteiger partial charge in [0, 0.05) is 11.1 Å². The van der Waals surface area contributed by atoms with Crippen LogP contribution in [0.15, 0.2) is 5.10 Å². The summed E-state index contributed by atoms with van der Waals surface area (Å²) in [5, 5.41) is 4.91. The lowest BCUT2D eigenvalue weighted by atomic mass is 9.45. The minimum absolute atomic E-state index is 0.275. The second kappa shape index (κ2) is 5.96. The average molecular weight is 348 g/mol. The molecule has 0 amide bonds. The number of rotatable bonds is 1. The molecule has 3 N–H and O–H groups in total. The number of nitrogens with zero attached hydrogens (tertiary/aromatic N) is 1. The van der Waals surface area contributed by atoms with Gasteiger partial charge in [0.25, 0.3) is 0 Å². The molecule has 4 aliphatic carbocycles. The van der Waals surface area contributed by atoms with Crippen LogP contribution in [0.4, 0.5) is 0 Å². The van der Waals surface area contributed by atoms with Crippen molar-refractivity contribution in [3.05, 3.63) is 0 Å². The van der Waals surface area contributed by atoms with E-state index < -0.39 is 0 Å². The topological polar surface area (TPSA) is 50.4 Å². The Morgan fingerprint density at radius 1 is 1.08 bits per heavy atom. The highest BCUT2D eigenvalue weighted by Crippen LogP contribution is 2.65. The molecular weight excluding hydrogens is 314 g/mol. The van der Waals surface area contributed by atoms with E-state index in [4.69, 9.17) is 18.0 Å². The summed E-state index contributed by atoms with van der Waals surface area (Å²) in [5.41, 5.74) is 10.7. The van der Waals surface area contributed by atoms with Crippen LogP contribution in [0.2, 0.25) is 0 Å². The fraction of sp³-hybridized carbons (Fsp3) is 0.900. The maximum atomic E-state index is 5.59. The lowest BCUT2D eigenvalue weighted by Crippen LogP contribution is -2.52. The number of fused-ring (bicyclic) bond motifs is 5. The minimum atomic E-state index is 0.275. The molecule has 0 spiro atoms. The predicted molar refractivity (Wildman–Crippen MR) is 104 cm³/mol. The van der Waals surface area contributed by atoms with Gasteiger partial charge in [-0.2, -0.15) is 5.10 Å². The van der Waals surface area contributed by atoms with Gasteiger partial charge in [-0.15, -0.1) is 0 Å². The van der Waals surface area contributed by atoms with Crippen LogP contribution in [-0.2, 0) is 0 Å². The molecule has 0 unspecified atom stereocenters. The number of hydrogen-bond donors (Lipinski definition) is 2. The molecule has 0 aliphatic heterocycles. The summed E-state index contributed by atoms with van der Waals surface area (Å²) in [7, 11) is 0. The number of nitrogens with two attached hydrogens (primary N) is 1. The molecule has 3 nitrogen and oxygen atoms in total. The lowest BCUT2D eigenvalue weighted by molar-refractivity contribution is -0.0936. The van der Waals surface area contributed by atoms with Crippen LogP contribution in [0.25, 0.3) is 0 Å².